The lowest BCUT2D eigenvalue weighted by Gasteiger charge is -2.32. The summed E-state index contributed by atoms with van der Waals surface area (Å²) in [6, 6.07) is 16.0. The topological polar surface area (TPSA) is 32.3 Å². The maximum atomic E-state index is 12.8. The molecule has 22 heavy (non-hydrogen) atoms. The van der Waals surface area contributed by atoms with Gasteiger partial charge in [-0.2, -0.15) is 0 Å². The fourth-order valence-corrected chi connectivity index (χ4v) is 3.43. The van der Waals surface area contributed by atoms with Crippen molar-refractivity contribution < 1.29 is 4.79 Å². The molecule has 3 nitrogen and oxygen atoms in total. The summed E-state index contributed by atoms with van der Waals surface area (Å²) in [7, 11) is 0. The summed E-state index contributed by atoms with van der Waals surface area (Å²) in [5.74, 6) is 0.131. The van der Waals surface area contributed by atoms with Crippen molar-refractivity contribution in [3.05, 3.63) is 57.7 Å². The van der Waals surface area contributed by atoms with Gasteiger partial charge in [-0.05, 0) is 72.2 Å². The van der Waals surface area contributed by atoms with E-state index < -0.39 is 0 Å². The highest BCUT2D eigenvalue weighted by Crippen LogP contribution is 2.27. The maximum Gasteiger partial charge on any atom is 0.249 e. The zero-order chi connectivity index (χ0) is 15.5. The highest BCUT2D eigenvalue weighted by molar-refractivity contribution is 14.1. The van der Waals surface area contributed by atoms with Gasteiger partial charge in [0.1, 0.15) is 6.04 Å². The number of amides is 1. The zero-order valence-corrected chi connectivity index (χ0v) is 14.7. The summed E-state index contributed by atoms with van der Waals surface area (Å²) in [6.07, 6.45) is 2.08. The van der Waals surface area contributed by atoms with E-state index in [2.05, 4.69) is 40.0 Å². The van der Waals surface area contributed by atoms with Gasteiger partial charge in [-0.15, -0.1) is 0 Å². The first-order valence-electron chi connectivity index (χ1n) is 7.56. The van der Waals surface area contributed by atoms with E-state index in [0.717, 1.165) is 34.3 Å². The Bertz CT molecular complexity index is 686. The first kappa shape index (κ1) is 15.3. The number of nitrogens with one attached hydrogen (secondary N) is 1. The third kappa shape index (κ3) is 3.27. The van der Waals surface area contributed by atoms with Crippen LogP contribution in [0.1, 0.15) is 18.9 Å². The quantitative estimate of drug-likeness (QED) is 0.780. The Morgan fingerprint density at radius 2 is 2.05 bits per heavy atom. The smallest absolute Gasteiger partial charge is 0.249 e. The van der Waals surface area contributed by atoms with Crippen LogP contribution in [0.2, 0.25) is 0 Å². The van der Waals surface area contributed by atoms with E-state index in [-0.39, 0.29) is 11.9 Å². The van der Waals surface area contributed by atoms with E-state index in [1.165, 1.54) is 5.56 Å². The van der Waals surface area contributed by atoms with Crippen LogP contribution in [0.25, 0.3) is 0 Å². The molecule has 1 unspecified atom stereocenters. The van der Waals surface area contributed by atoms with Crippen molar-refractivity contribution in [3.63, 3.8) is 0 Å². The molecule has 1 amide bonds. The molecule has 0 saturated heterocycles. The number of fused-ring (bicyclic) bond motifs is 1. The van der Waals surface area contributed by atoms with Crippen LogP contribution in [-0.4, -0.2) is 18.5 Å². The third-order valence-electron chi connectivity index (χ3n) is 3.95. The molecule has 0 aromatic heterocycles. The largest absolute Gasteiger partial charge is 0.374 e. The van der Waals surface area contributed by atoms with Gasteiger partial charge in [0.05, 0.1) is 0 Å². The van der Waals surface area contributed by atoms with E-state index in [1.54, 1.807) is 0 Å². The molecule has 1 N–H and O–H groups in total. The summed E-state index contributed by atoms with van der Waals surface area (Å²) in [5, 5.41) is 3.31. The van der Waals surface area contributed by atoms with E-state index in [1.807, 2.05) is 48.2 Å². The Kier molecular flexibility index (Phi) is 4.66. The average Bonchev–Trinajstić information content (AvgIpc) is 2.53. The Balaban J connectivity index is 1.77. The lowest BCUT2D eigenvalue weighted by Crippen LogP contribution is -2.44. The van der Waals surface area contributed by atoms with Gasteiger partial charge in [0.25, 0.3) is 0 Å². The monoisotopic (exact) mass is 406 g/mol. The standard InChI is InChI=1S/C18H19IN2O/c1-13(20-16-9-4-8-15(19)12-16)18(22)21-11-5-7-14-6-2-3-10-17(14)21/h2-4,6,8-10,12-13,20H,5,7,11H2,1H3. The first-order chi connectivity index (χ1) is 10.6. The lowest BCUT2D eigenvalue weighted by atomic mass is 10.0. The van der Waals surface area contributed by atoms with E-state index >= 15 is 0 Å². The van der Waals surface area contributed by atoms with Gasteiger partial charge in [-0.3, -0.25) is 4.79 Å². The van der Waals surface area contributed by atoms with Crippen molar-refractivity contribution in [2.75, 3.05) is 16.8 Å². The van der Waals surface area contributed by atoms with Crippen LogP contribution in [0.15, 0.2) is 48.5 Å². The fourth-order valence-electron chi connectivity index (χ4n) is 2.89. The Morgan fingerprint density at radius 3 is 2.86 bits per heavy atom. The molecule has 0 aliphatic carbocycles. The van der Waals surface area contributed by atoms with Crippen LogP contribution < -0.4 is 10.2 Å². The van der Waals surface area contributed by atoms with Crippen molar-refractivity contribution in [2.45, 2.75) is 25.8 Å². The molecule has 0 bridgehead atoms. The molecular formula is C18H19IN2O. The Hall–Kier alpha value is -1.56. The van der Waals surface area contributed by atoms with Crippen LogP contribution in [0.3, 0.4) is 0 Å². The highest BCUT2D eigenvalue weighted by atomic mass is 127. The summed E-state index contributed by atoms with van der Waals surface area (Å²) in [6.45, 7) is 2.73. The molecule has 1 heterocycles. The molecule has 0 fully saturated rings. The number of carbonyl (C=O) groups is 1. The second kappa shape index (κ2) is 6.69. The molecule has 1 aliphatic rings. The van der Waals surface area contributed by atoms with Crippen LogP contribution in [-0.2, 0) is 11.2 Å². The second-order valence-corrected chi connectivity index (χ2v) is 6.84. The number of nitrogens with zero attached hydrogens (tertiary/aromatic N) is 1. The predicted octanol–water partition coefficient (Wildman–Crippen LogP) is 4.07. The minimum Gasteiger partial charge on any atom is -0.374 e. The number of benzene rings is 2. The first-order valence-corrected chi connectivity index (χ1v) is 8.64. The van der Waals surface area contributed by atoms with Gasteiger partial charge in [0, 0.05) is 21.5 Å². The van der Waals surface area contributed by atoms with Crippen molar-refractivity contribution in [1.29, 1.82) is 0 Å². The van der Waals surface area contributed by atoms with Gasteiger partial charge < -0.3 is 10.2 Å². The number of anilines is 2. The van der Waals surface area contributed by atoms with Crippen molar-refractivity contribution in [1.82, 2.24) is 0 Å². The minimum atomic E-state index is -0.246. The SMILES string of the molecule is CC(Nc1cccc(I)c1)C(=O)N1CCCc2ccccc21. The van der Waals surface area contributed by atoms with Gasteiger partial charge in [-0.25, -0.2) is 0 Å². The predicted molar refractivity (Wildman–Crippen MR) is 99.4 cm³/mol. The second-order valence-electron chi connectivity index (χ2n) is 5.60. The molecule has 1 atom stereocenters. The van der Waals surface area contributed by atoms with Crippen LogP contribution in [0.5, 0.6) is 0 Å². The molecule has 2 aromatic carbocycles. The number of hydrogen-bond donors (Lipinski definition) is 1. The lowest BCUT2D eigenvalue weighted by molar-refractivity contribution is -0.119. The summed E-state index contributed by atoms with van der Waals surface area (Å²) in [5.41, 5.74) is 3.32. The van der Waals surface area contributed by atoms with Crippen LogP contribution >= 0.6 is 22.6 Å². The van der Waals surface area contributed by atoms with E-state index in [9.17, 15) is 4.79 Å². The number of halogens is 1. The Labute approximate surface area is 144 Å². The zero-order valence-electron chi connectivity index (χ0n) is 12.6. The summed E-state index contributed by atoms with van der Waals surface area (Å²) in [4.78, 5) is 14.7. The number of rotatable bonds is 3. The summed E-state index contributed by atoms with van der Waals surface area (Å²) >= 11 is 2.28. The minimum absolute atomic E-state index is 0.131. The highest BCUT2D eigenvalue weighted by Gasteiger charge is 2.25. The van der Waals surface area contributed by atoms with E-state index in [4.69, 9.17) is 0 Å². The van der Waals surface area contributed by atoms with Crippen LogP contribution in [0, 0.1) is 3.57 Å². The molecule has 1 aliphatic heterocycles. The number of hydrogen-bond acceptors (Lipinski definition) is 2. The molecule has 3 rings (SSSR count). The van der Waals surface area contributed by atoms with Gasteiger partial charge in [-0.1, -0.05) is 24.3 Å². The molecule has 0 spiro atoms. The number of aryl methyl sites for hydroxylation is 1. The van der Waals surface area contributed by atoms with Gasteiger partial charge >= 0.3 is 0 Å². The van der Waals surface area contributed by atoms with Gasteiger partial charge in [0.2, 0.25) is 5.91 Å². The Morgan fingerprint density at radius 1 is 1.23 bits per heavy atom. The molecule has 114 valence electrons. The van der Waals surface area contributed by atoms with E-state index in [0.29, 0.717) is 0 Å². The molecule has 0 radical (unpaired) electrons. The van der Waals surface area contributed by atoms with Crippen molar-refractivity contribution in [3.8, 4) is 0 Å². The van der Waals surface area contributed by atoms with Gasteiger partial charge in [0.15, 0.2) is 0 Å². The van der Waals surface area contributed by atoms with Crippen molar-refractivity contribution in [2.24, 2.45) is 0 Å². The molecule has 2 aromatic rings. The normalized spacial score (nSPS) is 15.1. The molecular weight excluding hydrogens is 387 g/mol. The third-order valence-corrected chi connectivity index (χ3v) is 4.63. The molecule has 4 heteroatoms. The average molecular weight is 406 g/mol. The number of carbonyl (C=O) groups excluding carboxylic acids is 1. The van der Waals surface area contributed by atoms with Crippen LogP contribution in [0.4, 0.5) is 11.4 Å². The molecule has 0 saturated carbocycles. The maximum absolute atomic E-state index is 12.8. The number of para-hydroxylation sites is 1. The fraction of sp³-hybridized carbons (Fsp3) is 0.278. The van der Waals surface area contributed by atoms with Crippen molar-refractivity contribution >= 4 is 39.9 Å². The summed E-state index contributed by atoms with van der Waals surface area (Å²) < 4.78 is 1.16.